The highest BCUT2D eigenvalue weighted by atomic mass is 16.4. The Hall–Kier alpha value is -1.79. The molecule has 7 heteroatoms. The van der Waals surface area contributed by atoms with Gasteiger partial charge in [-0.2, -0.15) is 0 Å². The van der Waals surface area contributed by atoms with Crippen LogP contribution in [0.25, 0.3) is 0 Å². The van der Waals surface area contributed by atoms with Gasteiger partial charge in [0.1, 0.15) is 0 Å². The fraction of sp³-hybridized carbons (Fsp3) is 0.571. The van der Waals surface area contributed by atoms with Crippen LogP contribution in [0.5, 0.6) is 0 Å². The summed E-state index contributed by atoms with van der Waals surface area (Å²) in [6.45, 7) is 0.648. The summed E-state index contributed by atoms with van der Waals surface area (Å²) in [5, 5.41) is 9.94. The standard InChI is InChI=1S/C7H13N5O2/c8-5(13)3-1-2-4-10-7-12-11-6(9)14-7/h1-4H2,(H2,8,13)(H2,9,11)(H,10,12). The number of nitrogens with two attached hydrogens (primary N) is 2. The second kappa shape index (κ2) is 5.05. The van der Waals surface area contributed by atoms with Gasteiger partial charge in [-0.3, -0.25) is 4.79 Å². The van der Waals surface area contributed by atoms with Crippen molar-refractivity contribution in [1.29, 1.82) is 0 Å². The van der Waals surface area contributed by atoms with Crippen LogP contribution in [0.2, 0.25) is 0 Å². The number of anilines is 2. The van der Waals surface area contributed by atoms with Gasteiger partial charge in [-0.15, -0.1) is 0 Å². The van der Waals surface area contributed by atoms with Crippen LogP contribution in [-0.4, -0.2) is 22.6 Å². The summed E-state index contributed by atoms with van der Waals surface area (Å²) in [7, 11) is 0. The summed E-state index contributed by atoms with van der Waals surface area (Å²) in [5.41, 5.74) is 10.2. The smallest absolute Gasteiger partial charge is 0.316 e. The first-order valence-corrected chi connectivity index (χ1v) is 4.29. The Labute approximate surface area is 80.8 Å². The van der Waals surface area contributed by atoms with Gasteiger partial charge in [0.2, 0.25) is 5.91 Å². The summed E-state index contributed by atoms with van der Waals surface area (Å²) in [5.74, 6) is -0.285. The molecule has 0 bridgehead atoms. The Morgan fingerprint density at radius 2 is 2.21 bits per heavy atom. The largest absolute Gasteiger partial charge is 0.390 e. The van der Waals surface area contributed by atoms with E-state index in [-0.39, 0.29) is 11.9 Å². The van der Waals surface area contributed by atoms with E-state index >= 15 is 0 Å². The summed E-state index contributed by atoms with van der Waals surface area (Å²) in [6, 6.07) is 0.325. The average Bonchev–Trinajstić information content (AvgIpc) is 2.50. The second-order valence-electron chi connectivity index (χ2n) is 2.80. The number of hydrogen-bond acceptors (Lipinski definition) is 6. The Balaban J connectivity index is 2.07. The molecule has 0 saturated carbocycles. The molecule has 5 N–H and O–H groups in total. The minimum absolute atomic E-state index is 0.0321. The molecule has 1 rings (SSSR count). The van der Waals surface area contributed by atoms with Crippen LogP contribution in [-0.2, 0) is 4.79 Å². The predicted octanol–water partition coefficient (Wildman–Crippen LogP) is -0.281. The van der Waals surface area contributed by atoms with Crippen LogP contribution < -0.4 is 16.8 Å². The van der Waals surface area contributed by atoms with E-state index < -0.39 is 0 Å². The Bertz CT molecular complexity index is 298. The molecule has 1 aromatic heterocycles. The van der Waals surface area contributed by atoms with Crippen molar-refractivity contribution >= 4 is 17.9 Å². The maximum absolute atomic E-state index is 10.4. The molecule has 1 heterocycles. The first kappa shape index (κ1) is 10.3. The molecule has 0 aromatic carbocycles. The van der Waals surface area contributed by atoms with Crippen molar-refractivity contribution in [2.45, 2.75) is 19.3 Å². The molecule has 14 heavy (non-hydrogen) atoms. The SMILES string of the molecule is NC(=O)CCCCNc1nnc(N)o1. The number of amides is 1. The first-order valence-electron chi connectivity index (χ1n) is 4.29. The minimum atomic E-state index is -0.285. The van der Waals surface area contributed by atoms with Gasteiger partial charge in [-0.1, -0.05) is 10.2 Å². The quantitative estimate of drug-likeness (QED) is 0.542. The van der Waals surface area contributed by atoms with E-state index in [0.29, 0.717) is 19.0 Å². The van der Waals surface area contributed by atoms with E-state index in [1.807, 2.05) is 0 Å². The van der Waals surface area contributed by atoms with Crippen molar-refractivity contribution in [1.82, 2.24) is 10.2 Å². The Morgan fingerprint density at radius 3 is 2.79 bits per heavy atom. The normalized spacial score (nSPS) is 10.0. The van der Waals surface area contributed by atoms with Crippen molar-refractivity contribution in [3.8, 4) is 0 Å². The maximum atomic E-state index is 10.4. The Kier molecular flexibility index (Phi) is 3.71. The molecular weight excluding hydrogens is 186 g/mol. The number of carbonyl (C=O) groups is 1. The molecule has 0 saturated heterocycles. The number of rotatable bonds is 6. The summed E-state index contributed by atoms with van der Waals surface area (Å²) in [6.07, 6.45) is 1.95. The van der Waals surface area contributed by atoms with Crippen molar-refractivity contribution in [3.05, 3.63) is 0 Å². The number of hydrogen-bond donors (Lipinski definition) is 3. The highest BCUT2D eigenvalue weighted by Crippen LogP contribution is 2.06. The zero-order chi connectivity index (χ0) is 10.4. The van der Waals surface area contributed by atoms with Gasteiger partial charge in [-0.25, -0.2) is 0 Å². The second-order valence-corrected chi connectivity index (χ2v) is 2.80. The summed E-state index contributed by atoms with van der Waals surface area (Å²) >= 11 is 0. The van der Waals surface area contributed by atoms with E-state index in [1.165, 1.54) is 0 Å². The molecule has 0 atom stereocenters. The maximum Gasteiger partial charge on any atom is 0.316 e. The molecule has 0 aliphatic heterocycles. The molecule has 0 unspecified atom stereocenters. The fourth-order valence-corrected chi connectivity index (χ4v) is 0.926. The van der Waals surface area contributed by atoms with Gasteiger partial charge in [0, 0.05) is 13.0 Å². The molecule has 0 aliphatic carbocycles. The molecule has 78 valence electrons. The summed E-state index contributed by atoms with van der Waals surface area (Å²) in [4.78, 5) is 10.4. The molecule has 0 spiro atoms. The van der Waals surface area contributed by atoms with E-state index in [9.17, 15) is 4.79 Å². The summed E-state index contributed by atoms with van der Waals surface area (Å²) < 4.78 is 4.86. The zero-order valence-corrected chi connectivity index (χ0v) is 7.69. The molecule has 0 radical (unpaired) electrons. The predicted molar refractivity (Wildman–Crippen MR) is 50.2 cm³/mol. The molecule has 1 aromatic rings. The van der Waals surface area contributed by atoms with Gasteiger partial charge in [0.05, 0.1) is 0 Å². The van der Waals surface area contributed by atoms with Crippen molar-refractivity contribution < 1.29 is 9.21 Å². The van der Waals surface area contributed by atoms with Crippen LogP contribution in [0.4, 0.5) is 12.0 Å². The molecular formula is C7H13N5O2. The van der Waals surface area contributed by atoms with Gasteiger partial charge in [0.25, 0.3) is 0 Å². The lowest BCUT2D eigenvalue weighted by Gasteiger charge is -1.99. The number of aromatic nitrogens is 2. The van der Waals surface area contributed by atoms with E-state index in [4.69, 9.17) is 15.9 Å². The Morgan fingerprint density at radius 1 is 1.43 bits per heavy atom. The number of unbranched alkanes of at least 4 members (excludes halogenated alkanes) is 1. The molecule has 1 amide bonds. The van der Waals surface area contributed by atoms with Gasteiger partial charge >= 0.3 is 12.0 Å². The van der Waals surface area contributed by atoms with Crippen molar-refractivity contribution in [2.75, 3.05) is 17.6 Å². The first-order chi connectivity index (χ1) is 6.68. The molecule has 0 aliphatic rings. The number of carbonyl (C=O) groups excluding carboxylic acids is 1. The number of nitrogen functional groups attached to an aromatic ring is 1. The van der Waals surface area contributed by atoms with Crippen LogP contribution >= 0.6 is 0 Å². The van der Waals surface area contributed by atoms with Crippen molar-refractivity contribution in [3.63, 3.8) is 0 Å². The monoisotopic (exact) mass is 199 g/mol. The minimum Gasteiger partial charge on any atom is -0.390 e. The third-order valence-corrected chi connectivity index (χ3v) is 1.57. The average molecular weight is 199 g/mol. The fourth-order valence-electron chi connectivity index (χ4n) is 0.926. The lowest BCUT2D eigenvalue weighted by atomic mass is 10.2. The number of nitrogens with zero attached hydrogens (tertiary/aromatic N) is 2. The van der Waals surface area contributed by atoms with E-state index in [0.717, 1.165) is 12.8 Å². The number of nitrogens with one attached hydrogen (secondary N) is 1. The third kappa shape index (κ3) is 3.74. The lowest BCUT2D eigenvalue weighted by molar-refractivity contribution is -0.118. The zero-order valence-electron chi connectivity index (χ0n) is 7.69. The van der Waals surface area contributed by atoms with Gasteiger partial charge in [-0.05, 0) is 12.8 Å². The van der Waals surface area contributed by atoms with Gasteiger partial charge < -0.3 is 21.2 Å². The highest BCUT2D eigenvalue weighted by molar-refractivity contribution is 5.73. The van der Waals surface area contributed by atoms with Crippen LogP contribution in [0.15, 0.2) is 4.42 Å². The van der Waals surface area contributed by atoms with E-state index in [2.05, 4.69) is 15.5 Å². The van der Waals surface area contributed by atoms with E-state index in [1.54, 1.807) is 0 Å². The van der Waals surface area contributed by atoms with Crippen LogP contribution in [0.3, 0.4) is 0 Å². The third-order valence-electron chi connectivity index (χ3n) is 1.57. The molecule has 7 nitrogen and oxygen atoms in total. The van der Waals surface area contributed by atoms with Crippen LogP contribution in [0, 0.1) is 0 Å². The van der Waals surface area contributed by atoms with Crippen molar-refractivity contribution in [2.24, 2.45) is 5.73 Å². The lowest BCUT2D eigenvalue weighted by Crippen LogP contribution is -2.10. The highest BCUT2D eigenvalue weighted by Gasteiger charge is 2.00. The van der Waals surface area contributed by atoms with Gasteiger partial charge in [0.15, 0.2) is 0 Å². The molecule has 0 fully saturated rings. The van der Waals surface area contributed by atoms with Crippen LogP contribution in [0.1, 0.15) is 19.3 Å². The number of primary amides is 1. The topological polar surface area (TPSA) is 120 Å².